The summed E-state index contributed by atoms with van der Waals surface area (Å²) in [6.45, 7) is -1.05. The number of likely N-dealkylation sites (N-methyl/N-ethyl adjacent to an activating group) is 1. The highest BCUT2D eigenvalue weighted by Crippen LogP contribution is 2.30. The van der Waals surface area contributed by atoms with E-state index < -0.39 is 25.0 Å². The van der Waals surface area contributed by atoms with E-state index in [1.807, 2.05) is 0 Å². The number of hydrogen-bond donors (Lipinski definition) is 2. The minimum atomic E-state index is -2.95. The van der Waals surface area contributed by atoms with Crippen molar-refractivity contribution in [2.24, 2.45) is 0 Å². The van der Waals surface area contributed by atoms with Gasteiger partial charge in [-0.15, -0.1) is 0 Å². The number of benzene rings is 1. The highest BCUT2D eigenvalue weighted by atomic mass is 19.3. The Balaban J connectivity index is 2.67. The highest BCUT2D eigenvalue weighted by Gasteiger charge is 2.13. The summed E-state index contributed by atoms with van der Waals surface area (Å²) in [6, 6.07) is 4.53. The summed E-state index contributed by atoms with van der Waals surface area (Å²) in [6.07, 6.45) is 0. The quantitative estimate of drug-likeness (QED) is 0.664. The molecule has 7 nitrogen and oxygen atoms in total. The molecular formula is C15H20F2N2O5. The zero-order valence-corrected chi connectivity index (χ0v) is 13.4. The van der Waals surface area contributed by atoms with Crippen molar-refractivity contribution >= 4 is 11.9 Å². The summed E-state index contributed by atoms with van der Waals surface area (Å²) >= 11 is 0. The number of halogens is 2. The van der Waals surface area contributed by atoms with E-state index in [0.717, 1.165) is 5.56 Å². The van der Waals surface area contributed by atoms with Gasteiger partial charge >= 0.3 is 12.6 Å². The van der Waals surface area contributed by atoms with Crippen LogP contribution in [0.25, 0.3) is 0 Å². The van der Waals surface area contributed by atoms with E-state index in [1.54, 1.807) is 31.0 Å². The van der Waals surface area contributed by atoms with Crippen LogP contribution < -0.4 is 14.8 Å². The number of carboxylic acid groups (broad SMARTS) is 1. The number of aliphatic carboxylic acids is 1. The Labute approximate surface area is 138 Å². The second-order valence-electron chi connectivity index (χ2n) is 4.94. The Morgan fingerprint density at radius 1 is 1.33 bits per heavy atom. The average molecular weight is 346 g/mol. The SMILES string of the molecule is CCOc1cc(CN(C)CC(=O)NCC(=O)O)ccc1OC(F)F. The van der Waals surface area contributed by atoms with Crippen LogP contribution in [0.2, 0.25) is 0 Å². The summed E-state index contributed by atoms with van der Waals surface area (Å²) in [5.41, 5.74) is 0.730. The first kappa shape index (κ1) is 19.6. The monoisotopic (exact) mass is 346 g/mol. The Hall–Kier alpha value is -2.42. The predicted octanol–water partition coefficient (Wildman–Crippen LogP) is 1.32. The largest absolute Gasteiger partial charge is 0.490 e. The van der Waals surface area contributed by atoms with Crippen LogP contribution in [0.1, 0.15) is 12.5 Å². The normalized spacial score (nSPS) is 10.8. The van der Waals surface area contributed by atoms with Crippen molar-refractivity contribution < 1.29 is 33.0 Å². The van der Waals surface area contributed by atoms with Crippen LogP contribution in [0.5, 0.6) is 11.5 Å². The van der Waals surface area contributed by atoms with Crippen molar-refractivity contribution in [2.45, 2.75) is 20.1 Å². The van der Waals surface area contributed by atoms with Gasteiger partial charge in [-0.2, -0.15) is 8.78 Å². The van der Waals surface area contributed by atoms with Gasteiger partial charge in [0, 0.05) is 6.54 Å². The van der Waals surface area contributed by atoms with Crippen molar-refractivity contribution in [1.82, 2.24) is 10.2 Å². The van der Waals surface area contributed by atoms with E-state index in [9.17, 15) is 18.4 Å². The Morgan fingerprint density at radius 3 is 2.62 bits per heavy atom. The third kappa shape index (κ3) is 7.23. The van der Waals surface area contributed by atoms with Crippen LogP contribution >= 0.6 is 0 Å². The van der Waals surface area contributed by atoms with Gasteiger partial charge in [0.15, 0.2) is 11.5 Å². The molecule has 0 radical (unpaired) electrons. The number of carboxylic acids is 1. The molecular weight excluding hydrogens is 326 g/mol. The number of nitrogens with zero attached hydrogens (tertiary/aromatic N) is 1. The lowest BCUT2D eigenvalue weighted by atomic mass is 10.2. The molecule has 1 amide bonds. The minimum absolute atomic E-state index is 0.00741. The Kier molecular flexibility index (Phi) is 7.90. The molecule has 0 saturated carbocycles. The first-order valence-corrected chi connectivity index (χ1v) is 7.19. The maximum Gasteiger partial charge on any atom is 0.387 e. The molecule has 0 saturated heterocycles. The van der Waals surface area contributed by atoms with Crippen molar-refractivity contribution in [1.29, 1.82) is 0 Å². The van der Waals surface area contributed by atoms with Crippen LogP contribution in [0.15, 0.2) is 18.2 Å². The van der Waals surface area contributed by atoms with Gasteiger partial charge in [0.25, 0.3) is 0 Å². The summed E-state index contributed by atoms with van der Waals surface area (Å²) in [5, 5.41) is 10.7. The fraction of sp³-hybridized carbons (Fsp3) is 0.467. The summed E-state index contributed by atoms with van der Waals surface area (Å²) in [4.78, 5) is 23.6. The average Bonchev–Trinajstić information content (AvgIpc) is 2.47. The van der Waals surface area contributed by atoms with Crippen molar-refractivity contribution in [3.8, 4) is 11.5 Å². The minimum Gasteiger partial charge on any atom is -0.490 e. The zero-order valence-electron chi connectivity index (χ0n) is 13.4. The summed E-state index contributed by atoms with van der Waals surface area (Å²) < 4.78 is 34.4. The second-order valence-corrected chi connectivity index (χ2v) is 4.94. The molecule has 24 heavy (non-hydrogen) atoms. The second kappa shape index (κ2) is 9.66. The van der Waals surface area contributed by atoms with E-state index >= 15 is 0 Å². The van der Waals surface area contributed by atoms with Crippen LogP contribution in [-0.2, 0) is 16.1 Å². The van der Waals surface area contributed by atoms with Gasteiger partial charge in [-0.25, -0.2) is 0 Å². The van der Waals surface area contributed by atoms with Crippen LogP contribution in [0.3, 0.4) is 0 Å². The predicted molar refractivity (Wildman–Crippen MR) is 81.2 cm³/mol. The molecule has 1 aromatic carbocycles. The summed E-state index contributed by atoms with van der Waals surface area (Å²) in [5.74, 6) is -1.42. The van der Waals surface area contributed by atoms with Gasteiger partial charge in [-0.3, -0.25) is 14.5 Å². The summed E-state index contributed by atoms with van der Waals surface area (Å²) in [7, 11) is 1.67. The zero-order chi connectivity index (χ0) is 18.1. The molecule has 0 atom stereocenters. The first-order valence-electron chi connectivity index (χ1n) is 7.19. The first-order chi connectivity index (χ1) is 11.3. The fourth-order valence-corrected chi connectivity index (χ4v) is 1.96. The van der Waals surface area contributed by atoms with Gasteiger partial charge in [0.05, 0.1) is 13.2 Å². The van der Waals surface area contributed by atoms with Gasteiger partial charge < -0.3 is 19.9 Å². The molecule has 9 heteroatoms. The van der Waals surface area contributed by atoms with Gasteiger partial charge in [-0.05, 0) is 31.7 Å². The van der Waals surface area contributed by atoms with Gasteiger partial charge in [0.2, 0.25) is 5.91 Å². The van der Waals surface area contributed by atoms with Crippen molar-refractivity contribution in [3.05, 3.63) is 23.8 Å². The fourth-order valence-electron chi connectivity index (χ4n) is 1.96. The number of rotatable bonds is 10. The van der Waals surface area contributed by atoms with Gasteiger partial charge in [-0.1, -0.05) is 6.07 Å². The molecule has 0 heterocycles. The van der Waals surface area contributed by atoms with Gasteiger partial charge in [0.1, 0.15) is 6.54 Å². The lowest BCUT2D eigenvalue weighted by molar-refractivity contribution is -0.138. The molecule has 2 N–H and O–H groups in total. The van der Waals surface area contributed by atoms with E-state index in [2.05, 4.69) is 10.1 Å². The van der Waals surface area contributed by atoms with Crippen molar-refractivity contribution in [2.75, 3.05) is 26.7 Å². The topological polar surface area (TPSA) is 88.1 Å². The van der Waals surface area contributed by atoms with Crippen molar-refractivity contribution in [3.63, 3.8) is 0 Å². The van der Waals surface area contributed by atoms with Crippen LogP contribution in [0, 0.1) is 0 Å². The standard InChI is InChI=1S/C15H20F2N2O5/c1-3-23-12-6-10(4-5-11(12)24-15(16)17)8-19(2)9-13(20)18-7-14(21)22/h4-6,15H,3,7-9H2,1-2H3,(H,18,20)(H,21,22). The Morgan fingerprint density at radius 2 is 2.04 bits per heavy atom. The smallest absolute Gasteiger partial charge is 0.387 e. The molecule has 1 rings (SSSR count). The number of carbonyl (C=O) groups excluding carboxylic acids is 1. The third-order valence-electron chi connectivity index (χ3n) is 2.83. The molecule has 134 valence electrons. The maximum atomic E-state index is 12.4. The van der Waals surface area contributed by atoms with E-state index in [1.165, 1.54) is 6.07 Å². The molecule has 0 unspecified atom stereocenters. The molecule has 0 spiro atoms. The molecule has 1 aromatic rings. The lowest BCUT2D eigenvalue weighted by Crippen LogP contribution is -2.37. The molecule has 0 aliphatic rings. The number of carbonyl (C=O) groups is 2. The van der Waals surface area contributed by atoms with Crippen LogP contribution in [0.4, 0.5) is 8.78 Å². The lowest BCUT2D eigenvalue weighted by Gasteiger charge is -2.18. The molecule has 0 aromatic heterocycles. The molecule has 0 aliphatic heterocycles. The van der Waals surface area contributed by atoms with Crippen LogP contribution in [-0.4, -0.2) is 55.2 Å². The number of hydrogen-bond acceptors (Lipinski definition) is 5. The Bertz CT molecular complexity index is 569. The maximum absolute atomic E-state index is 12.4. The molecule has 0 aliphatic carbocycles. The number of amides is 1. The number of ether oxygens (including phenoxy) is 2. The van der Waals surface area contributed by atoms with E-state index in [-0.39, 0.29) is 24.7 Å². The third-order valence-corrected chi connectivity index (χ3v) is 2.83. The number of nitrogens with one attached hydrogen (secondary N) is 1. The highest BCUT2D eigenvalue weighted by molar-refractivity contribution is 5.82. The molecule has 0 bridgehead atoms. The van der Waals surface area contributed by atoms with E-state index in [4.69, 9.17) is 9.84 Å². The molecule has 0 fully saturated rings. The number of alkyl halides is 2. The van der Waals surface area contributed by atoms with E-state index in [0.29, 0.717) is 6.54 Å².